The van der Waals surface area contributed by atoms with E-state index in [0.29, 0.717) is 35.6 Å². The van der Waals surface area contributed by atoms with E-state index in [-0.39, 0.29) is 17.1 Å². The van der Waals surface area contributed by atoms with E-state index in [0.717, 1.165) is 37.4 Å². The van der Waals surface area contributed by atoms with E-state index < -0.39 is 6.04 Å². The van der Waals surface area contributed by atoms with Crippen LogP contribution in [0.5, 0.6) is 5.75 Å². The lowest BCUT2D eigenvalue weighted by molar-refractivity contribution is 0.0708. The molecule has 0 fully saturated rings. The number of amides is 1. The maximum atomic E-state index is 13.6. The molecule has 1 aliphatic rings. The molecule has 0 saturated carbocycles. The first-order valence-electron chi connectivity index (χ1n) is 12.3. The van der Waals surface area contributed by atoms with Gasteiger partial charge in [-0.1, -0.05) is 52.0 Å². The smallest absolute Gasteiger partial charge is 0.290 e. The van der Waals surface area contributed by atoms with Gasteiger partial charge in [-0.15, -0.1) is 0 Å². The number of fused-ring (bicyclic) bond motifs is 2. The second kappa shape index (κ2) is 10.4. The van der Waals surface area contributed by atoms with Crippen LogP contribution in [0.15, 0.2) is 57.7 Å². The standard InChI is InChI=1S/C28H34N2O4/c1-5-29(6-2)15-16-30-25(20-10-9-11-21(18-20)33-17-14-19(3)4)24-26(31)22-12-7-8-13-23(22)34-27(24)28(30)32/h7-13,18-19,25H,5-6,14-17H2,1-4H3. The summed E-state index contributed by atoms with van der Waals surface area (Å²) >= 11 is 0. The first kappa shape index (κ1) is 24.0. The predicted molar refractivity (Wildman–Crippen MR) is 135 cm³/mol. The highest BCUT2D eigenvalue weighted by Gasteiger charge is 2.42. The van der Waals surface area contributed by atoms with Crippen LogP contribution in [0.1, 0.15) is 61.8 Å². The van der Waals surface area contributed by atoms with E-state index >= 15 is 0 Å². The minimum Gasteiger partial charge on any atom is -0.494 e. The van der Waals surface area contributed by atoms with Crippen LogP contribution >= 0.6 is 0 Å². The van der Waals surface area contributed by atoms with Gasteiger partial charge in [-0.05, 0) is 55.3 Å². The Morgan fingerprint density at radius 1 is 1.06 bits per heavy atom. The highest BCUT2D eigenvalue weighted by atomic mass is 16.5. The Morgan fingerprint density at radius 3 is 2.56 bits per heavy atom. The molecule has 6 heteroatoms. The van der Waals surface area contributed by atoms with Gasteiger partial charge in [-0.3, -0.25) is 9.59 Å². The summed E-state index contributed by atoms with van der Waals surface area (Å²) in [5, 5.41) is 0.494. The number of carbonyl (C=O) groups is 1. The van der Waals surface area contributed by atoms with Crippen molar-refractivity contribution in [3.05, 3.63) is 75.6 Å². The van der Waals surface area contributed by atoms with Gasteiger partial charge >= 0.3 is 0 Å². The third-order valence-electron chi connectivity index (χ3n) is 6.56. The average molecular weight is 463 g/mol. The molecular weight excluding hydrogens is 428 g/mol. The normalized spacial score (nSPS) is 15.5. The molecule has 3 aromatic rings. The van der Waals surface area contributed by atoms with Crippen molar-refractivity contribution in [1.29, 1.82) is 0 Å². The topological polar surface area (TPSA) is 63.0 Å². The fraction of sp³-hybridized carbons (Fsp3) is 0.429. The van der Waals surface area contributed by atoms with E-state index in [9.17, 15) is 9.59 Å². The van der Waals surface area contributed by atoms with E-state index in [2.05, 4.69) is 32.6 Å². The monoisotopic (exact) mass is 462 g/mol. The quantitative estimate of drug-likeness (QED) is 0.419. The molecule has 4 rings (SSSR count). The number of carbonyl (C=O) groups excluding carboxylic acids is 1. The van der Waals surface area contributed by atoms with Gasteiger partial charge in [0.1, 0.15) is 11.3 Å². The lowest BCUT2D eigenvalue weighted by Crippen LogP contribution is -2.37. The molecule has 2 heterocycles. The maximum absolute atomic E-state index is 13.6. The van der Waals surface area contributed by atoms with Gasteiger partial charge in [0.25, 0.3) is 5.91 Å². The number of hydrogen-bond donors (Lipinski definition) is 0. The summed E-state index contributed by atoms with van der Waals surface area (Å²) in [7, 11) is 0. The Morgan fingerprint density at radius 2 is 1.82 bits per heavy atom. The predicted octanol–water partition coefficient (Wildman–Crippen LogP) is 5.10. The van der Waals surface area contributed by atoms with Gasteiger partial charge in [0.2, 0.25) is 5.76 Å². The summed E-state index contributed by atoms with van der Waals surface area (Å²) in [5.41, 5.74) is 1.57. The van der Waals surface area contributed by atoms with Crippen molar-refractivity contribution in [3.63, 3.8) is 0 Å². The zero-order valence-corrected chi connectivity index (χ0v) is 20.5. The summed E-state index contributed by atoms with van der Waals surface area (Å²) < 4.78 is 12.0. The summed E-state index contributed by atoms with van der Waals surface area (Å²) in [6.45, 7) is 12.2. The number of rotatable bonds is 10. The zero-order chi connectivity index (χ0) is 24.2. The molecule has 1 unspecified atom stereocenters. The average Bonchev–Trinajstić information content (AvgIpc) is 3.12. The minimum atomic E-state index is -0.507. The van der Waals surface area contributed by atoms with Gasteiger partial charge in [-0.2, -0.15) is 0 Å². The molecule has 6 nitrogen and oxygen atoms in total. The van der Waals surface area contributed by atoms with E-state index in [1.807, 2.05) is 36.4 Å². The Kier molecular flexibility index (Phi) is 7.37. The number of para-hydroxylation sites is 1. The van der Waals surface area contributed by atoms with Crippen LogP contribution in [0, 0.1) is 5.92 Å². The first-order valence-corrected chi connectivity index (χ1v) is 12.3. The fourth-order valence-electron chi connectivity index (χ4n) is 4.52. The molecule has 1 amide bonds. The van der Waals surface area contributed by atoms with Crippen molar-refractivity contribution in [3.8, 4) is 5.75 Å². The summed E-state index contributed by atoms with van der Waals surface area (Å²) in [6, 6.07) is 14.4. The van der Waals surface area contributed by atoms with Crippen molar-refractivity contribution in [2.75, 3.05) is 32.8 Å². The van der Waals surface area contributed by atoms with Crippen LogP contribution in [-0.2, 0) is 0 Å². The van der Waals surface area contributed by atoms with Gasteiger partial charge < -0.3 is 19.0 Å². The molecule has 0 bridgehead atoms. The summed E-state index contributed by atoms with van der Waals surface area (Å²) in [6.07, 6.45) is 0.959. The van der Waals surface area contributed by atoms with Crippen LogP contribution in [-0.4, -0.2) is 48.5 Å². The number of likely N-dealkylation sites (N-methyl/N-ethyl adjacent to an activating group) is 1. The SMILES string of the molecule is CCN(CC)CCN1C(=O)c2oc3ccccc3c(=O)c2C1c1cccc(OCCC(C)C)c1. The number of ether oxygens (including phenoxy) is 1. The van der Waals surface area contributed by atoms with Crippen molar-refractivity contribution >= 4 is 16.9 Å². The second-order valence-corrected chi connectivity index (χ2v) is 9.20. The van der Waals surface area contributed by atoms with Gasteiger partial charge in [0.05, 0.1) is 23.6 Å². The van der Waals surface area contributed by atoms with Crippen molar-refractivity contribution in [2.24, 2.45) is 5.92 Å². The molecule has 2 aromatic carbocycles. The molecule has 1 atom stereocenters. The third kappa shape index (κ3) is 4.73. The van der Waals surface area contributed by atoms with Crippen LogP contribution in [0.3, 0.4) is 0 Å². The molecule has 180 valence electrons. The highest BCUT2D eigenvalue weighted by molar-refractivity contribution is 5.99. The molecule has 1 aliphatic heterocycles. The van der Waals surface area contributed by atoms with E-state index in [1.54, 1.807) is 17.0 Å². The minimum absolute atomic E-state index is 0.147. The molecule has 0 N–H and O–H groups in total. The van der Waals surface area contributed by atoms with Gasteiger partial charge in [-0.25, -0.2) is 0 Å². The zero-order valence-electron chi connectivity index (χ0n) is 20.5. The number of nitrogens with zero attached hydrogens (tertiary/aromatic N) is 2. The number of hydrogen-bond acceptors (Lipinski definition) is 5. The molecule has 34 heavy (non-hydrogen) atoms. The lowest BCUT2D eigenvalue weighted by atomic mass is 9.98. The largest absolute Gasteiger partial charge is 0.494 e. The van der Waals surface area contributed by atoms with Crippen LogP contribution in [0.25, 0.3) is 11.0 Å². The van der Waals surface area contributed by atoms with E-state index in [4.69, 9.17) is 9.15 Å². The van der Waals surface area contributed by atoms with Crippen LogP contribution in [0.4, 0.5) is 0 Å². The van der Waals surface area contributed by atoms with Gasteiger partial charge in [0, 0.05) is 13.1 Å². The van der Waals surface area contributed by atoms with Crippen molar-refractivity contribution in [2.45, 2.75) is 40.2 Å². The van der Waals surface area contributed by atoms with Gasteiger partial charge in [0.15, 0.2) is 5.43 Å². The molecule has 0 spiro atoms. The fourth-order valence-corrected chi connectivity index (χ4v) is 4.52. The molecule has 1 aromatic heterocycles. The van der Waals surface area contributed by atoms with E-state index in [1.165, 1.54) is 0 Å². The lowest BCUT2D eigenvalue weighted by Gasteiger charge is -2.28. The van der Waals surface area contributed by atoms with Crippen LogP contribution in [0.2, 0.25) is 0 Å². The molecule has 0 saturated heterocycles. The summed E-state index contributed by atoms with van der Waals surface area (Å²) in [5.74, 6) is 1.21. The Bertz CT molecular complexity index is 1210. The Hall–Kier alpha value is -3.12. The molecule has 0 radical (unpaired) electrons. The van der Waals surface area contributed by atoms with Crippen molar-refractivity contribution in [1.82, 2.24) is 9.80 Å². The maximum Gasteiger partial charge on any atom is 0.290 e. The first-order chi connectivity index (χ1) is 16.4. The second-order valence-electron chi connectivity index (χ2n) is 9.20. The summed E-state index contributed by atoms with van der Waals surface area (Å²) in [4.78, 5) is 31.2. The Balaban J connectivity index is 1.77. The van der Waals surface area contributed by atoms with Crippen molar-refractivity contribution < 1.29 is 13.9 Å². The Labute approximate surface area is 201 Å². The third-order valence-corrected chi connectivity index (χ3v) is 6.56. The van der Waals surface area contributed by atoms with Crippen LogP contribution < -0.4 is 10.2 Å². The molecule has 0 aliphatic carbocycles. The number of benzene rings is 2. The highest BCUT2D eigenvalue weighted by Crippen LogP contribution is 2.38. The molecular formula is C28H34N2O4.